The predicted molar refractivity (Wildman–Crippen MR) is 339 cm³/mol. The van der Waals surface area contributed by atoms with Crippen LogP contribution >= 0.6 is 0 Å². The molecule has 446 valence electrons. The summed E-state index contributed by atoms with van der Waals surface area (Å²) in [6, 6.07) is 0. The first-order valence-electron chi connectivity index (χ1n) is 32.9. The molecule has 0 radical (unpaired) electrons. The van der Waals surface area contributed by atoms with E-state index in [2.05, 4.69) is 130 Å². The van der Waals surface area contributed by atoms with Gasteiger partial charge in [0, 0.05) is 19.3 Å². The molecule has 0 heterocycles. The van der Waals surface area contributed by atoms with E-state index >= 15 is 0 Å². The van der Waals surface area contributed by atoms with Crippen LogP contribution in [0.25, 0.3) is 0 Å². The van der Waals surface area contributed by atoms with Gasteiger partial charge in [0.15, 0.2) is 6.10 Å². The zero-order valence-electron chi connectivity index (χ0n) is 51.2. The number of carbonyl (C=O) groups is 3. The number of rotatable bonds is 59. The van der Waals surface area contributed by atoms with Crippen LogP contribution < -0.4 is 0 Å². The fourth-order valence-corrected chi connectivity index (χ4v) is 9.10. The van der Waals surface area contributed by atoms with Gasteiger partial charge in [0.2, 0.25) is 0 Å². The normalized spacial score (nSPS) is 12.8. The quantitative estimate of drug-likeness (QED) is 0.0261. The topological polar surface area (TPSA) is 78.9 Å². The molecule has 78 heavy (non-hydrogen) atoms. The van der Waals surface area contributed by atoms with Crippen LogP contribution in [0.3, 0.4) is 0 Å². The Balaban J connectivity index is 4.24. The molecule has 0 aliphatic carbocycles. The number of unbranched alkanes of at least 4 members (excludes halogenated alkanes) is 30. The van der Waals surface area contributed by atoms with E-state index in [1.54, 1.807) is 0 Å². The zero-order chi connectivity index (χ0) is 56.4. The molecule has 1 atom stereocenters. The van der Waals surface area contributed by atoms with E-state index in [4.69, 9.17) is 14.2 Å². The summed E-state index contributed by atoms with van der Waals surface area (Å²) in [5.74, 6) is -0.890. The van der Waals surface area contributed by atoms with Gasteiger partial charge in [-0.1, -0.05) is 291 Å². The van der Waals surface area contributed by atoms with Gasteiger partial charge >= 0.3 is 17.9 Å². The molecule has 0 aliphatic rings. The maximum atomic E-state index is 12.9. The number of allylic oxidation sites excluding steroid dienone is 18. The molecule has 6 heteroatoms. The number of carbonyl (C=O) groups excluding carboxylic acids is 3. The Bertz CT molecular complexity index is 1570. The van der Waals surface area contributed by atoms with E-state index in [1.165, 1.54) is 141 Å². The van der Waals surface area contributed by atoms with Crippen molar-refractivity contribution in [1.82, 2.24) is 0 Å². The summed E-state index contributed by atoms with van der Waals surface area (Å²) in [7, 11) is 0. The number of ether oxygens (including phenoxy) is 3. The Morgan fingerprint density at radius 1 is 0.269 bits per heavy atom. The average molecular weight is 1080 g/mol. The van der Waals surface area contributed by atoms with Gasteiger partial charge in [0.1, 0.15) is 13.2 Å². The minimum Gasteiger partial charge on any atom is -0.462 e. The van der Waals surface area contributed by atoms with Crippen LogP contribution in [0.2, 0.25) is 0 Å². The maximum Gasteiger partial charge on any atom is 0.306 e. The first-order valence-corrected chi connectivity index (χ1v) is 32.9. The highest BCUT2D eigenvalue weighted by Crippen LogP contribution is 2.16. The third-order valence-corrected chi connectivity index (χ3v) is 14.0. The second-order valence-electron chi connectivity index (χ2n) is 21.6. The van der Waals surface area contributed by atoms with E-state index in [0.717, 1.165) is 128 Å². The molecule has 6 nitrogen and oxygen atoms in total. The lowest BCUT2D eigenvalue weighted by Crippen LogP contribution is -2.30. The second-order valence-corrected chi connectivity index (χ2v) is 21.6. The highest BCUT2D eigenvalue weighted by atomic mass is 16.6. The van der Waals surface area contributed by atoms with Gasteiger partial charge in [-0.25, -0.2) is 0 Å². The molecule has 0 saturated carbocycles. The van der Waals surface area contributed by atoms with Crippen molar-refractivity contribution in [2.75, 3.05) is 13.2 Å². The predicted octanol–water partition coefficient (Wildman–Crippen LogP) is 22.6. The van der Waals surface area contributed by atoms with Gasteiger partial charge in [0.25, 0.3) is 0 Å². The summed E-state index contributed by atoms with van der Waals surface area (Å²) in [4.78, 5) is 38.2. The van der Waals surface area contributed by atoms with E-state index in [0.29, 0.717) is 19.3 Å². The van der Waals surface area contributed by atoms with Crippen LogP contribution in [-0.2, 0) is 28.6 Å². The molecule has 0 aromatic heterocycles. The summed E-state index contributed by atoms with van der Waals surface area (Å²) in [5, 5.41) is 0. The molecule has 0 bridgehead atoms. The Morgan fingerprint density at radius 2 is 0.500 bits per heavy atom. The lowest BCUT2D eigenvalue weighted by Gasteiger charge is -2.18. The fourth-order valence-electron chi connectivity index (χ4n) is 9.10. The summed E-state index contributed by atoms with van der Waals surface area (Å²) in [6.45, 7) is 6.52. The molecule has 1 unspecified atom stereocenters. The SMILES string of the molecule is CC/C=C\C/C=C\C/C=C\C/C=C\C/C=C\C/C=C\C/C=C\C/C=C\CCCCCCCCCCC(=O)OCC(COC(=O)CCCCCCCCCCCCC)OC(=O)CCCCCCC/C=C\CCCCCCCCC. The highest BCUT2D eigenvalue weighted by Gasteiger charge is 2.19. The summed E-state index contributed by atoms with van der Waals surface area (Å²) >= 11 is 0. The summed E-state index contributed by atoms with van der Waals surface area (Å²) < 4.78 is 16.9. The van der Waals surface area contributed by atoms with Crippen LogP contribution in [0, 0.1) is 0 Å². The van der Waals surface area contributed by atoms with Crippen molar-refractivity contribution in [3.63, 3.8) is 0 Å². The van der Waals surface area contributed by atoms with Crippen molar-refractivity contribution >= 4 is 17.9 Å². The Hall–Kier alpha value is -3.93. The van der Waals surface area contributed by atoms with E-state index in [-0.39, 0.29) is 31.1 Å². The van der Waals surface area contributed by atoms with Crippen molar-refractivity contribution in [3.05, 3.63) is 109 Å². The third kappa shape index (κ3) is 62.9. The number of esters is 3. The second kappa shape index (κ2) is 65.6. The highest BCUT2D eigenvalue weighted by molar-refractivity contribution is 5.71. The minimum absolute atomic E-state index is 0.0810. The van der Waals surface area contributed by atoms with Crippen LogP contribution in [-0.4, -0.2) is 37.2 Å². The molecule has 0 N–H and O–H groups in total. The Kier molecular flexibility index (Phi) is 62.3. The van der Waals surface area contributed by atoms with Gasteiger partial charge in [-0.2, -0.15) is 0 Å². The lowest BCUT2D eigenvalue weighted by atomic mass is 10.1. The molecule has 0 spiro atoms. The molecule has 0 fully saturated rings. The van der Waals surface area contributed by atoms with Crippen molar-refractivity contribution in [2.45, 2.75) is 316 Å². The lowest BCUT2D eigenvalue weighted by molar-refractivity contribution is -0.167. The Morgan fingerprint density at radius 3 is 0.795 bits per heavy atom. The van der Waals surface area contributed by atoms with Crippen LogP contribution in [0.5, 0.6) is 0 Å². The monoisotopic (exact) mass is 1080 g/mol. The van der Waals surface area contributed by atoms with Crippen molar-refractivity contribution in [2.24, 2.45) is 0 Å². The van der Waals surface area contributed by atoms with Gasteiger partial charge < -0.3 is 14.2 Å². The molecular formula is C72H122O6. The van der Waals surface area contributed by atoms with Gasteiger partial charge in [0.05, 0.1) is 0 Å². The average Bonchev–Trinajstić information content (AvgIpc) is 3.44. The van der Waals surface area contributed by atoms with Crippen LogP contribution in [0.4, 0.5) is 0 Å². The molecular weight excluding hydrogens is 961 g/mol. The van der Waals surface area contributed by atoms with Crippen molar-refractivity contribution in [3.8, 4) is 0 Å². The van der Waals surface area contributed by atoms with Crippen LogP contribution in [0.15, 0.2) is 109 Å². The van der Waals surface area contributed by atoms with Crippen molar-refractivity contribution < 1.29 is 28.6 Å². The smallest absolute Gasteiger partial charge is 0.306 e. The molecule has 0 amide bonds. The molecule has 0 aliphatic heterocycles. The third-order valence-electron chi connectivity index (χ3n) is 14.0. The first kappa shape index (κ1) is 74.1. The number of hydrogen-bond acceptors (Lipinski definition) is 6. The fraction of sp³-hybridized carbons (Fsp3) is 0.708. The molecule has 0 saturated heterocycles. The van der Waals surface area contributed by atoms with Crippen molar-refractivity contribution in [1.29, 1.82) is 0 Å². The minimum atomic E-state index is -0.785. The summed E-state index contributed by atoms with van der Waals surface area (Å²) in [5.41, 5.74) is 0. The number of hydrogen-bond donors (Lipinski definition) is 0. The summed E-state index contributed by atoms with van der Waals surface area (Å²) in [6.07, 6.45) is 89.6. The van der Waals surface area contributed by atoms with Gasteiger partial charge in [-0.15, -0.1) is 0 Å². The molecule has 0 rings (SSSR count). The van der Waals surface area contributed by atoms with E-state index in [1.807, 2.05) is 0 Å². The standard InChI is InChI=1S/C72H122O6/c1-4-7-10-13-16-19-22-24-26-28-29-30-31-32-33-34-35-36-37-38-39-40-41-42-43-44-46-47-50-53-56-59-62-65-71(74)77-68-69(67-76-70(73)64-61-58-55-52-49-21-18-15-12-9-6-3)78-72(75)66-63-60-57-54-51-48-45-27-25-23-20-17-14-11-8-5-2/h7,10,16,19,24,26-27,29-30,32-33,35-36,38-39,41-42,45,69H,4-6,8-9,11-15,17-18,20-23,25,28,31,34,37,40,43-44,46-68H2,1-3H3/b10-7-,19-16-,26-24-,30-29-,33-32-,36-35-,39-38-,42-41-,45-27-. The van der Waals surface area contributed by atoms with Gasteiger partial charge in [-0.05, 0) is 109 Å². The van der Waals surface area contributed by atoms with E-state index in [9.17, 15) is 14.4 Å². The van der Waals surface area contributed by atoms with Crippen LogP contribution in [0.1, 0.15) is 310 Å². The molecule has 0 aromatic rings. The first-order chi connectivity index (χ1) is 38.5. The van der Waals surface area contributed by atoms with E-state index < -0.39 is 6.10 Å². The molecule has 0 aromatic carbocycles. The van der Waals surface area contributed by atoms with Gasteiger partial charge in [-0.3, -0.25) is 14.4 Å². The Labute approximate surface area is 482 Å². The zero-order valence-corrected chi connectivity index (χ0v) is 51.2. The maximum absolute atomic E-state index is 12.9. The largest absolute Gasteiger partial charge is 0.462 e.